The van der Waals surface area contributed by atoms with Crippen LogP contribution < -0.4 is 14.8 Å². The van der Waals surface area contributed by atoms with Crippen LogP contribution in [-0.4, -0.2) is 63.5 Å². The minimum atomic E-state index is 0.708. The maximum Gasteiger partial charge on any atom is 0.183 e. The Hall–Kier alpha value is -1.57. The Balaban J connectivity index is 1.64. The molecule has 2 heterocycles. The summed E-state index contributed by atoms with van der Waals surface area (Å²) >= 11 is 1.63. The Kier molecular flexibility index (Phi) is 4.97. The number of nitrogens with one attached hydrogen (secondary N) is 1. The lowest BCUT2D eigenvalue weighted by atomic mass is 10.3. The van der Waals surface area contributed by atoms with E-state index < -0.39 is 0 Å². The zero-order valence-corrected chi connectivity index (χ0v) is 13.7. The van der Waals surface area contributed by atoms with E-state index in [0.29, 0.717) is 5.75 Å². The van der Waals surface area contributed by atoms with Crippen LogP contribution in [0.25, 0.3) is 10.2 Å². The molecule has 2 aromatic rings. The fourth-order valence-electron chi connectivity index (χ4n) is 2.48. The molecule has 1 aromatic heterocycles. The van der Waals surface area contributed by atoms with Crippen molar-refractivity contribution >= 4 is 26.7 Å². The Labute approximate surface area is 134 Å². The zero-order valence-electron chi connectivity index (χ0n) is 12.9. The SMILES string of the molecule is COc1cc2nc(NCCN3CCOCC3)sc2cc1OC. The molecule has 1 saturated heterocycles. The second-order valence-electron chi connectivity index (χ2n) is 5.07. The topological polar surface area (TPSA) is 55.9 Å². The van der Waals surface area contributed by atoms with Gasteiger partial charge in [0.25, 0.3) is 0 Å². The molecular formula is C15H21N3O3S. The molecule has 22 heavy (non-hydrogen) atoms. The molecule has 7 heteroatoms. The number of hydrogen-bond donors (Lipinski definition) is 1. The second-order valence-corrected chi connectivity index (χ2v) is 6.11. The number of methoxy groups -OCH3 is 2. The fourth-order valence-corrected chi connectivity index (χ4v) is 3.38. The molecule has 6 nitrogen and oxygen atoms in total. The van der Waals surface area contributed by atoms with Crippen molar-refractivity contribution in [1.29, 1.82) is 0 Å². The molecule has 0 spiro atoms. The largest absolute Gasteiger partial charge is 0.493 e. The van der Waals surface area contributed by atoms with E-state index in [1.54, 1.807) is 25.6 Å². The summed E-state index contributed by atoms with van der Waals surface area (Å²) in [7, 11) is 3.28. The van der Waals surface area contributed by atoms with Crippen LogP contribution in [0.3, 0.4) is 0 Å². The van der Waals surface area contributed by atoms with Gasteiger partial charge >= 0.3 is 0 Å². The summed E-state index contributed by atoms with van der Waals surface area (Å²) in [6.45, 7) is 5.58. The first kappa shape index (κ1) is 15.3. The van der Waals surface area contributed by atoms with Crippen LogP contribution in [-0.2, 0) is 4.74 Å². The van der Waals surface area contributed by atoms with E-state index in [9.17, 15) is 0 Å². The number of thiazole rings is 1. The van der Waals surface area contributed by atoms with Crippen LogP contribution >= 0.6 is 11.3 Å². The van der Waals surface area contributed by atoms with Crippen molar-refractivity contribution in [3.63, 3.8) is 0 Å². The van der Waals surface area contributed by atoms with Gasteiger partial charge in [-0.2, -0.15) is 0 Å². The first-order valence-electron chi connectivity index (χ1n) is 7.36. The highest BCUT2D eigenvalue weighted by Crippen LogP contribution is 2.35. The Morgan fingerprint density at radius 2 is 1.95 bits per heavy atom. The molecule has 3 rings (SSSR count). The predicted molar refractivity (Wildman–Crippen MR) is 88.5 cm³/mol. The number of anilines is 1. The highest BCUT2D eigenvalue weighted by atomic mass is 32.1. The summed E-state index contributed by atoms with van der Waals surface area (Å²) in [5.41, 5.74) is 0.927. The minimum absolute atomic E-state index is 0.708. The third-order valence-corrected chi connectivity index (χ3v) is 4.68. The van der Waals surface area contributed by atoms with E-state index in [2.05, 4.69) is 15.2 Å². The molecule has 1 aliphatic heterocycles. The van der Waals surface area contributed by atoms with E-state index >= 15 is 0 Å². The summed E-state index contributed by atoms with van der Waals surface area (Å²) in [6.07, 6.45) is 0. The highest BCUT2D eigenvalue weighted by Gasteiger charge is 2.12. The summed E-state index contributed by atoms with van der Waals surface area (Å²) in [6, 6.07) is 3.89. The van der Waals surface area contributed by atoms with Crippen molar-refractivity contribution in [3.05, 3.63) is 12.1 Å². The van der Waals surface area contributed by atoms with Crippen LogP contribution in [0.1, 0.15) is 0 Å². The minimum Gasteiger partial charge on any atom is -0.493 e. The van der Waals surface area contributed by atoms with Gasteiger partial charge < -0.3 is 19.5 Å². The maximum absolute atomic E-state index is 5.35. The molecule has 1 fully saturated rings. The van der Waals surface area contributed by atoms with Crippen molar-refractivity contribution in [3.8, 4) is 11.5 Å². The predicted octanol–water partition coefficient (Wildman–Crippen LogP) is 2.06. The van der Waals surface area contributed by atoms with E-state index in [0.717, 1.165) is 60.5 Å². The van der Waals surface area contributed by atoms with E-state index in [-0.39, 0.29) is 0 Å². The van der Waals surface area contributed by atoms with Gasteiger partial charge in [-0.15, -0.1) is 0 Å². The molecule has 120 valence electrons. The summed E-state index contributed by atoms with van der Waals surface area (Å²) in [5.74, 6) is 1.44. The van der Waals surface area contributed by atoms with Gasteiger partial charge in [0.2, 0.25) is 0 Å². The highest BCUT2D eigenvalue weighted by molar-refractivity contribution is 7.22. The second kappa shape index (κ2) is 7.13. The molecule has 1 aromatic carbocycles. The smallest absolute Gasteiger partial charge is 0.183 e. The van der Waals surface area contributed by atoms with Crippen LogP contribution in [0.15, 0.2) is 12.1 Å². The standard InChI is InChI=1S/C15H21N3O3S/c1-19-12-9-11-14(10-13(12)20-2)22-15(17-11)16-3-4-18-5-7-21-8-6-18/h9-10H,3-8H2,1-2H3,(H,16,17). The van der Waals surface area contributed by atoms with Crippen molar-refractivity contribution in [2.24, 2.45) is 0 Å². The lowest BCUT2D eigenvalue weighted by molar-refractivity contribution is 0.0398. The average Bonchev–Trinajstić information content (AvgIpc) is 2.96. The monoisotopic (exact) mass is 323 g/mol. The van der Waals surface area contributed by atoms with Gasteiger partial charge in [-0.05, 0) is 0 Å². The van der Waals surface area contributed by atoms with E-state index in [1.807, 2.05) is 12.1 Å². The Morgan fingerprint density at radius 3 is 2.68 bits per heavy atom. The molecule has 0 radical (unpaired) electrons. The van der Waals surface area contributed by atoms with Gasteiger partial charge in [-0.3, -0.25) is 4.90 Å². The van der Waals surface area contributed by atoms with Crippen molar-refractivity contribution in [1.82, 2.24) is 9.88 Å². The van der Waals surface area contributed by atoms with E-state index in [4.69, 9.17) is 14.2 Å². The summed E-state index contributed by atoms with van der Waals surface area (Å²) < 4.78 is 17.1. The number of aromatic nitrogens is 1. The van der Waals surface area contributed by atoms with Crippen molar-refractivity contribution in [2.75, 3.05) is 58.9 Å². The van der Waals surface area contributed by atoms with Gasteiger partial charge in [0.15, 0.2) is 16.6 Å². The van der Waals surface area contributed by atoms with Crippen LogP contribution in [0.5, 0.6) is 11.5 Å². The molecule has 0 unspecified atom stereocenters. The quantitative estimate of drug-likeness (QED) is 0.878. The molecule has 1 N–H and O–H groups in total. The number of hydrogen-bond acceptors (Lipinski definition) is 7. The van der Waals surface area contributed by atoms with Gasteiger partial charge in [0.05, 0.1) is 37.6 Å². The summed E-state index contributed by atoms with van der Waals surface area (Å²) in [5, 5.41) is 4.33. The number of nitrogens with zero attached hydrogens (tertiary/aromatic N) is 2. The lowest BCUT2D eigenvalue weighted by Crippen LogP contribution is -2.38. The third-order valence-electron chi connectivity index (χ3n) is 3.70. The zero-order chi connectivity index (χ0) is 15.4. The van der Waals surface area contributed by atoms with Gasteiger partial charge in [0.1, 0.15) is 0 Å². The number of benzene rings is 1. The molecule has 0 aliphatic carbocycles. The number of morpholine rings is 1. The Bertz CT molecular complexity index is 585. The van der Waals surface area contributed by atoms with E-state index in [1.165, 1.54) is 0 Å². The van der Waals surface area contributed by atoms with Gasteiger partial charge in [0, 0.05) is 38.3 Å². The molecular weight excluding hydrogens is 302 g/mol. The molecule has 0 amide bonds. The molecule has 0 bridgehead atoms. The number of fused-ring (bicyclic) bond motifs is 1. The normalized spacial score (nSPS) is 15.9. The Morgan fingerprint density at radius 1 is 1.23 bits per heavy atom. The van der Waals surface area contributed by atoms with Crippen molar-refractivity contribution < 1.29 is 14.2 Å². The number of rotatable bonds is 6. The van der Waals surface area contributed by atoms with Crippen LogP contribution in [0, 0.1) is 0 Å². The molecule has 1 aliphatic rings. The van der Waals surface area contributed by atoms with Crippen molar-refractivity contribution in [2.45, 2.75) is 0 Å². The number of ether oxygens (including phenoxy) is 3. The first-order valence-corrected chi connectivity index (χ1v) is 8.18. The van der Waals surface area contributed by atoms with Gasteiger partial charge in [-0.1, -0.05) is 11.3 Å². The average molecular weight is 323 g/mol. The molecule has 0 saturated carbocycles. The fraction of sp³-hybridized carbons (Fsp3) is 0.533. The summed E-state index contributed by atoms with van der Waals surface area (Å²) in [4.78, 5) is 7.01. The van der Waals surface area contributed by atoms with Crippen LogP contribution in [0.2, 0.25) is 0 Å². The van der Waals surface area contributed by atoms with Crippen LogP contribution in [0.4, 0.5) is 5.13 Å². The molecule has 0 atom stereocenters. The lowest BCUT2D eigenvalue weighted by Gasteiger charge is -2.26. The third kappa shape index (κ3) is 3.43. The maximum atomic E-state index is 5.35. The first-order chi connectivity index (χ1) is 10.8. The van der Waals surface area contributed by atoms with Gasteiger partial charge in [-0.25, -0.2) is 4.98 Å².